The number of carbonyl (C=O) groups excluding carboxylic acids is 1. The summed E-state index contributed by atoms with van der Waals surface area (Å²) in [5, 5.41) is 8.03. The molecule has 0 aliphatic carbocycles. The molecule has 22 heavy (non-hydrogen) atoms. The molecule has 7 heteroatoms. The van der Waals surface area contributed by atoms with Gasteiger partial charge in [0, 0.05) is 13.1 Å². The quantitative estimate of drug-likeness (QED) is 0.890. The van der Waals surface area contributed by atoms with Gasteiger partial charge in [0.25, 0.3) is 0 Å². The van der Waals surface area contributed by atoms with Crippen molar-refractivity contribution >= 4 is 16.1 Å². The van der Waals surface area contributed by atoms with Gasteiger partial charge in [-0.15, -0.1) is 0 Å². The van der Waals surface area contributed by atoms with E-state index in [1.165, 1.54) is 25.0 Å². The summed E-state index contributed by atoms with van der Waals surface area (Å²) >= 11 is 0. The Labute approximate surface area is 131 Å². The minimum Gasteiger partial charge on any atom is -0.331 e. The van der Waals surface area contributed by atoms with Crippen LogP contribution in [0.15, 0.2) is 29.2 Å². The van der Waals surface area contributed by atoms with Crippen LogP contribution >= 0.6 is 0 Å². The van der Waals surface area contributed by atoms with Crippen molar-refractivity contribution < 1.29 is 13.2 Å². The summed E-state index contributed by atoms with van der Waals surface area (Å²) in [7, 11) is -3.69. The molecule has 1 aromatic carbocycles. The van der Waals surface area contributed by atoms with Gasteiger partial charge in [0.2, 0.25) is 10.0 Å². The molecular weight excluding hydrogens is 302 g/mol. The number of sulfonamides is 1. The fraction of sp³-hybridized carbons (Fsp3) is 0.533. The largest absolute Gasteiger partial charge is 0.331 e. The predicted molar refractivity (Wildman–Crippen MR) is 84.8 cm³/mol. The summed E-state index contributed by atoms with van der Waals surface area (Å²) in [6.07, 6.45) is 4.44. The number of hydrogen-bond acceptors (Lipinski definition) is 3. The lowest BCUT2D eigenvalue weighted by molar-refractivity contribution is 0.196. The van der Waals surface area contributed by atoms with Crippen LogP contribution in [0.1, 0.15) is 44.2 Å². The molecule has 2 rings (SSSR count). The minimum atomic E-state index is -3.69. The number of benzene rings is 1. The van der Waals surface area contributed by atoms with Gasteiger partial charge in [-0.05, 0) is 37.5 Å². The third-order valence-corrected chi connectivity index (χ3v) is 4.87. The summed E-state index contributed by atoms with van der Waals surface area (Å²) in [6.45, 7) is 3.47. The Morgan fingerprint density at radius 2 is 1.68 bits per heavy atom. The van der Waals surface area contributed by atoms with E-state index in [0.717, 1.165) is 31.5 Å². The smallest absolute Gasteiger partial charge is 0.317 e. The molecule has 1 fully saturated rings. The van der Waals surface area contributed by atoms with Crippen LogP contribution in [-0.2, 0) is 10.0 Å². The lowest BCUT2D eigenvalue weighted by Gasteiger charge is -2.24. The zero-order valence-electron chi connectivity index (χ0n) is 12.8. The first kappa shape index (κ1) is 16.8. The van der Waals surface area contributed by atoms with Crippen LogP contribution in [0.4, 0.5) is 4.79 Å². The maximum Gasteiger partial charge on any atom is 0.317 e. The van der Waals surface area contributed by atoms with Crippen LogP contribution in [0, 0.1) is 0 Å². The minimum absolute atomic E-state index is 0.0649. The first-order chi connectivity index (χ1) is 10.4. The van der Waals surface area contributed by atoms with E-state index in [1.807, 2.05) is 11.8 Å². The first-order valence-corrected chi connectivity index (χ1v) is 9.11. The van der Waals surface area contributed by atoms with Gasteiger partial charge in [-0.1, -0.05) is 25.0 Å². The Morgan fingerprint density at radius 3 is 2.18 bits per heavy atom. The fourth-order valence-electron chi connectivity index (χ4n) is 2.58. The zero-order valence-corrected chi connectivity index (χ0v) is 13.6. The van der Waals surface area contributed by atoms with Gasteiger partial charge in [-0.25, -0.2) is 18.4 Å². The highest BCUT2D eigenvalue weighted by Gasteiger charge is 2.18. The maximum absolute atomic E-state index is 12.3. The third kappa shape index (κ3) is 4.45. The molecule has 1 aromatic rings. The van der Waals surface area contributed by atoms with Gasteiger partial charge in [-0.2, -0.15) is 0 Å². The number of carbonyl (C=O) groups is 1. The Morgan fingerprint density at radius 1 is 1.14 bits per heavy atom. The summed E-state index contributed by atoms with van der Waals surface area (Å²) in [4.78, 5) is 14.2. The van der Waals surface area contributed by atoms with Crippen molar-refractivity contribution in [2.45, 2.75) is 43.5 Å². The molecule has 0 radical (unpaired) electrons. The van der Waals surface area contributed by atoms with Crippen LogP contribution in [0.5, 0.6) is 0 Å². The molecule has 122 valence electrons. The van der Waals surface area contributed by atoms with E-state index in [9.17, 15) is 13.2 Å². The van der Waals surface area contributed by atoms with Crippen LogP contribution in [0.3, 0.4) is 0 Å². The average molecular weight is 325 g/mol. The Hall–Kier alpha value is -1.60. The number of rotatable bonds is 3. The van der Waals surface area contributed by atoms with Crippen molar-refractivity contribution in [3.63, 3.8) is 0 Å². The highest BCUT2D eigenvalue weighted by molar-refractivity contribution is 7.89. The molecule has 3 N–H and O–H groups in total. The van der Waals surface area contributed by atoms with Gasteiger partial charge in [-0.3, -0.25) is 0 Å². The topological polar surface area (TPSA) is 92.5 Å². The second-order valence-electron chi connectivity index (χ2n) is 5.69. The lowest BCUT2D eigenvalue weighted by Crippen LogP contribution is -2.41. The Bertz CT molecular complexity index is 605. The van der Waals surface area contributed by atoms with Crippen molar-refractivity contribution in [1.82, 2.24) is 10.2 Å². The Balaban J connectivity index is 1.99. The highest BCUT2D eigenvalue weighted by Crippen LogP contribution is 2.16. The summed E-state index contributed by atoms with van der Waals surface area (Å²) < 4.78 is 22.5. The molecule has 1 aliphatic rings. The van der Waals surface area contributed by atoms with Crippen molar-refractivity contribution in [2.24, 2.45) is 5.14 Å². The van der Waals surface area contributed by atoms with Crippen LogP contribution < -0.4 is 10.5 Å². The van der Waals surface area contributed by atoms with Crippen molar-refractivity contribution in [3.8, 4) is 0 Å². The van der Waals surface area contributed by atoms with Gasteiger partial charge >= 0.3 is 6.03 Å². The molecule has 0 saturated carbocycles. The normalized spacial score (nSPS) is 17.6. The summed E-state index contributed by atoms with van der Waals surface area (Å²) in [5.74, 6) is 0. The molecule has 0 unspecified atom stereocenters. The van der Waals surface area contributed by atoms with E-state index >= 15 is 0 Å². The lowest BCUT2D eigenvalue weighted by atomic mass is 10.1. The molecule has 1 saturated heterocycles. The first-order valence-electron chi connectivity index (χ1n) is 7.56. The molecule has 0 spiro atoms. The number of urea groups is 1. The fourth-order valence-corrected chi connectivity index (χ4v) is 3.10. The molecule has 6 nitrogen and oxygen atoms in total. The maximum atomic E-state index is 12.3. The van der Waals surface area contributed by atoms with Gasteiger partial charge in [0.1, 0.15) is 0 Å². The van der Waals surface area contributed by atoms with Crippen molar-refractivity contribution in [1.29, 1.82) is 0 Å². The number of nitrogens with zero attached hydrogens (tertiary/aromatic N) is 1. The summed E-state index contributed by atoms with van der Waals surface area (Å²) in [5.41, 5.74) is 0.843. The zero-order chi connectivity index (χ0) is 16.2. The monoisotopic (exact) mass is 325 g/mol. The Kier molecular flexibility index (Phi) is 5.42. The van der Waals surface area contributed by atoms with E-state index < -0.39 is 10.0 Å². The molecule has 0 aromatic heterocycles. The number of amides is 2. The molecule has 1 aliphatic heterocycles. The number of likely N-dealkylation sites (tertiary alicyclic amines) is 1. The van der Waals surface area contributed by atoms with Crippen LogP contribution in [0.25, 0.3) is 0 Å². The van der Waals surface area contributed by atoms with E-state index in [4.69, 9.17) is 5.14 Å². The molecule has 2 amide bonds. The molecule has 1 atom stereocenters. The standard InChI is InChI=1S/C15H23N3O3S/c1-12(13-6-8-14(9-7-13)22(16,20)21)17-15(19)18-10-4-2-3-5-11-18/h6-9,12H,2-5,10-11H2,1H3,(H,17,19)(H2,16,20,21)/t12-/m0/s1. The van der Waals surface area contributed by atoms with Gasteiger partial charge in [0.15, 0.2) is 0 Å². The predicted octanol–water partition coefficient (Wildman–Crippen LogP) is 1.98. The van der Waals surface area contributed by atoms with Crippen LogP contribution in [-0.4, -0.2) is 32.4 Å². The highest BCUT2D eigenvalue weighted by atomic mass is 32.2. The number of nitrogens with one attached hydrogen (secondary N) is 1. The summed E-state index contributed by atoms with van der Waals surface area (Å²) in [6, 6.07) is 6.01. The molecular formula is C15H23N3O3S. The molecule has 0 bridgehead atoms. The van der Waals surface area contributed by atoms with Gasteiger partial charge in [0.05, 0.1) is 10.9 Å². The number of primary sulfonamides is 1. The average Bonchev–Trinajstić information content (AvgIpc) is 2.75. The second-order valence-corrected chi connectivity index (χ2v) is 7.25. The molecule has 1 heterocycles. The van der Waals surface area contributed by atoms with E-state index in [1.54, 1.807) is 12.1 Å². The number of nitrogens with two attached hydrogens (primary N) is 1. The van der Waals surface area contributed by atoms with E-state index in [0.29, 0.717) is 0 Å². The number of hydrogen-bond donors (Lipinski definition) is 2. The van der Waals surface area contributed by atoms with Crippen LogP contribution in [0.2, 0.25) is 0 Å². The third-order valence-electron chi connectivity index (χ3n) is 3.94. The second kappa shape index (κ2) is 7.11. The van der Waals surface area contributed by atoms with E-state index in [-0.39, 0.29) is 17.0 Å². The SMILES string of the molecule is C[C@H](NC(=O)N1CCCCCC1)c1ccc(S(N)(=O)=O)cc1. The van der Waals surface area contributed by atoms with Crippen molar-refractivity contribution in [2.75, 3.05) is 13.1 Å². The van der Waals surface area contributed by atoms with Crippen molar-refractivity contribution in [3.05, 3.63) is 29.8 Å². The van der Waals surface area contributed by atoms with E-state index in [2.05, 4.69) is 5.32 Å². The van der Waals surface area contributed by atoms with Gasteiger partial charge < -0.3 is 10.2 Å².